The lowest BCUT2D eigenvalue weighted by Crippen LogP contribution is -2.56. The van der Waals surface area contributed by atoms with Crippen LogP contribution in [0.25, 0.3) is 0 Å². The lowest BCUT2D eigenvalue weighted by atomic mass is 9.75. The highest BCUT2D eigenvalue weighted by molar-refractivity contribution is 5.11. The summed E-state index contributed by atoms with van der Waals surface area (Å²) in [6.07, 6.45) is 5.79. The lowest BCUT2D eigenvalue weighted by molar-refractivity contribution is -0.163. The topological polar surface area (TPSA) is 32.3 Å². The van der Waals surface area contributed by atoms with Crippen LogP contribution in [0, 0.1) is 5.41 Å². The second kappa shape index (κ2) is 7.00. The van der Waals surface area contributed by atoms with Crippen molar-refractivity contribution in [1.29, 1.82) is 0 Å². The first-order valence-electron chi connectivity index (χ1n) is 9.18. The van der Waals surface area contributed by atoms with Crippen LogP contribution in [0.3, 0.4) is 0 Å². The minimum Gasteiger partial charge on any atom is -0.298 e. The third-order valence-corrected chi connectivity index (χ3v) is 5.72. The minimum atomic E-state index is -2.61. The lowest BCUT2D eigenvalue weighted by Gasteiger charge is -2.46. The van der Waals surface area contributed by atoms with E-state index in [1.54, 1.807) is 12.4 Å². The Morgan fingerprint density at radius 3 is 2.46 bits per heavy atom. The van der Waals surface area contributed by atoms with E-state index >= 15 is 0 Å². The first-order valence-corrected chi connectivity index (χ1v) is 9.18. The van der Waals surface area contributed by atoms with Gasteiger partial charge in [0.25, 0.3) is 5.92 Å². The summed E-state index contributed by atoms with van der Waals surface area (Å²) >= 11 is 0. The Balaban J connectivity index is 1.46. The van der Waals surface area contributed by atoms with Crippen molar-refractivity contribution in [3.05, 3.63) is 60.2 Å². The van der Waals surface area contributed by atoms with Crippen molar-refractivity contribution >= 4 is 0 Å². The molecule has 4 heterocycles. The fourth-order valence-electron chi connectivity index (χ4n) is 4.31. The molecule has 2 aliphatic heterocycles. The van der Waals surface area contributed by atoms with Crippen molar-refractivity contribution in [2.45, 2.75) is 31.9 Å². The fraction of sp³-hybridized carbons (Fsp3) is 0.500. The first kappa shape index (κ1) is 17.5. The molecule has 2 aromatic heterocycles. The molecular formula is C20H24F2N4. The average molecular weight is 358 g/mol. The maximum Gasteiger partial charge on any atom is 0.257 e. The van der Waals surface area contributed by atoms with E-state index in [2.05, 4.69) is 19.8 Å². The maximum atomic E-state index is 14.9. The third-order valence-electron chi connectivity index (χ3n) is 5.72. The van der Waals surface area contributed by atoms with Crippen LogP contribution < -0.4 is 0 Å². The van der Waals surface area contributed by atoms with Crippen LogP contribution in [0.1, 0.15) is 24.1 Å². The van der Waals surface area contributed by atoms with Gasteiger partial charge in [-0.1, -0.05) is 12.1 Å². The van der Waals surface area contributed by atoms with Crippen LogP contribution in [0.4, 0.5) is 8.78 Å². The number of piperidine rings is 1. The van der Waals surface area contributed by atoms with Gasteiger partial charge in [0, 0.05) is 57.7 Å². The van der Waals surface area contributed by atoms with Crippen LogP contribution in [-0.4, -0.2) is 51.9 Å². The molecule has 2 aromatic rings. The Labute approximate surface area is 152 Å². The highest BCUT2D eigenvalue weighted by Gasteiger charge is 2.59. The Morgan fingerprint density at radius 1 is 0.923 bits per heavy atom. The van der Waals surface area contributed by atoms with E-state index in [9.17, 15) is 8.78 Å². The van der Waals surface area contributed by atoms with Crippen molar-refractivity contribution in [1.82, 2.24) is 19.8 Å². The molecule has 4 rings (SSSR count). The summed E-state index contributed by atoms with van der Waals surface area (Å²) in [5.41, 5.74) is 1.06. The quantitative estimate of drug-likeness (QED) is 0.840. The molecule has 4 nitrogen and oxygen atoms in total. The number of hydrogen-bond acceptors (Lipinski definition) is 4. The summed E-state index contributed by atoms with van der Waals surface area (Å²) in [6.45, 7) is 3.33. The second-order valence-corrected chi connectivity index (χ2v) is 7.59. The summed E-state index contributed by atoms with van der Waals surface area (Å²) in [5, 5.41) is 0. The highest BCUT2D eigenvalue weighted by atomic mass is 19.3. The number of alkyl halides is 2. The molecule has 0 N–H and O–H groups in total. The number of aromatic nitrogens is 2. The summed E-state index contributed by atoms with van der Waals surface area (Å²) in [7, 11) is 0. The molecule has 0 radical (unpaired) electrons. The molecule has 26 heavy (non-hydrogen) atoms. The summed E-state index contributed by atoms with van der Waals surface area (Å²) in [6, 6.07) is 9.68. The Morgan fingerprint density at radius 2 is 1.73 bits per heavy atom. The van der Waals surface area contributed by atoms with Crippen LogP contribution in [0.5, 0.6) is 0 Å². The molecule has 2 aliphatic rings. The zero-order chi connectivity index (χ0) is 18.0. The predicted octanol–water partition coefficient (Wildman–Crippen LogP) is 3.21. The van der Waals surface area contributed by atoms with Gasteiger partial charge in [-0.15, -0.1) is 0 Å². The van der Waals surface area contributed by atoms with Gasteiger partial charge in [0.05, 0.1) is 11.1 Å². The van der Waals surface area contributed by atoms with Gasteiger partial charge < -0.3 is 0 Å². The van der Waals surface area contributed by atoms with Gasteiger partial charge in [-0.05, 0) is 36.7 Å². The molecule has 0 bridgehead atoms. The second-order valence-electron chi connectivity index (χ2n) is 7.59. The molecule has 138 valence electrons. The third kappa shape index (κ3) is 3.48. The molecule has 2 saturated heterocycles. The molecule has 0 aromatic carbocycles. The zero-order valence-corrected chi connectivity index (χ0v) is 14.8. The smallest absolute Gasteiger partial charge is 0.257 e. The molecule has 1 atom stereocenters. The highest BCUT2D eigenvalue weighted by Crippen LogP contribution is 2.49. The van der Waals surface area contributed by atoms with E-state index in [1.165, 1.54) is 0 Å². The van der Waals surface area contributed by atoms with Crippen molar-refractivity contribution in [3.63, 3.8) is 0 Å². The van der Waals surface area contributed by atoms with Crippen molar-refractivity contribution in [2.75, 3.05) is 26.2 Å². The van der Waals surface area contributed by atoms with Crippen molar-refractivity contribution in [2.24, 2.45) is 5.41 Å². The average Bonchev–Trinajstić information content (AvgIpc) is 3.04. The summed E-state index contributed by atoms with van der Waals surface area (Å²) < 4.78 is 29.8. The molecule has 1 spiro atoms. The number of halogens is 2. The SMILES string of the molecule is FC1(F)CCN(Cc2cccnc2)CC12CCN(Cc1ccccn1)C2. The Kier molecular flexibility index (Phi) is 4.71. The van der Waals surface area contributed by atoms with Crippen LogP contribution >= 0.6 is 0 Å². The van der Waals surface area contributed by atoms with Crippen LogP contribution in [0.2, 0.25) is 0 Å². The number of pyridine rings is 2. The van der Waals surface area contributed by atoms with E-state index < -0.39 is 11.3 Å². The number of hydrogen-bond donors (Lipinski definition) is 0. The van der Waals surface area contributed by atoms with E-state index in [1.807, 2.05) is 36.5 Å². The maximum absolute atomic E-state index is 14.9. The normalized spacial score (nSPS) is 26.4. The molecule has 1 unspecified atom stereocenters. The number of likely N-dealkylation sites (tertiary alicyclic amines) is 2. The van der Waals surface area contributed by atoms with Gasteiger partial charge in [0.15, 0.2) is 0 Å². The van der Waals surface area contributed by atoms with Crippen molar-refractivity contribution in [3.8, 4) is 0 Å². The van der Waals surface area contributed by atoms with Gasteiger partial charge in [0.1, 0.15) is 0 Å². The fourth-order valence-corrected chi connectivity index (χ4v) is 4.31. The Hall–Kier alpha value is -1.92. The van der Waals surface area contributed by atoms with E-state index in [0.29, 0.717) is 45.7 Å². The summed E-state index contributed by atoms with van der Waals surface area (Å²) in [4.78, 5) is 12.8. The van der Waals surface area contributed by atoms with E-state index in [0.717, 1.165) is 11.3 Å². The zero-order valence-electron chi connectivity index (χ0n) is 14.8. The van der Waals surface area contributed by atoms with Gasteiger partial charge >= 0.3 is 0 Å². The predicted molar refractivity (Wildman–Crippen MR) is 95.6 cm³/mol. The molecular weight excluding hydrogens is 334 g/mol. The monoisotopic (exact) mass is 358 g/mol. The van der Waals surface area contributed by atoms with Crippen molar-refractivity contribution < 1.29 is 8.78 Å². The van der Waals surface area contributed by atoms with Crippen LogP contribution in [-0.2, 0) is 13.1 Å². The number of nitrogens with zero attached hydrogens (tertiary/aromatic N) is 4. The number of rotatable bonds is 4. The molecule has 0 amide bonds. The summed E-state index contributed by atoms with van der Waals surface area (Å²) in [5.74, 6) is -2.61. The van der Waals surface area contributed by atoms with Gasteiger partial charge in [-0.25, -0.2) is 8.78 Å². The van der Waals surface area contributed by atoms with E-state index in [-0.39, 0.29) is 6.42 Å². The molecule has 0 saturated carbocycles. The molecule has 2 fully saturated rings. The van der Waals surface area contributed by atoms with E-state index in [4.69, 9.17) is 0 Å². The molecule has 6 heteroatoms. The van der Waals surface area contributed by atoms with Gasteiger partial charge in [0.2, 0.25) is 0 Å². The largest absolute Gasteiger partial charge is 0.298 e. The van der Waals surface area contributed by atoms with Gasteiger partial charge in [-0.3, -0.25) is 19.8 Å². The Bertz CT molecular complexity index is 725. The minimum absolute atomic E-state index is 0.0648. The van der Waals surface area contributed by atoms with Gasteiger partial charge in [-0.2, -0.15) is 0 Å². The standard InChI is InChI=1S/C20H24F2N4/c21-20(22)7-11-25(13-17-4-3-8-23-12-17)15-19(20)6-10-26(16-19)14-18-5-1-2-9-24-18/h1-5,8-9,12H,6-7,10-11,13-16H2. The molecule has 0 aliphatic carbocycles. The van der Waals surface area contributed by atoms with Crippen LogP contribution in [0.15, 0.2) is 48.9 Å². The first-order chi connectivity index (χ1) is 12.6.